The van der Waals surface area contributed by atoms with E-state index < -0.39 is 0 Å². The van der Waals surface area contributed by atoms with Crippen LogP contribution in [0.3, 0.4) is 0 Å². The maximum absolute atomic E-state index is 11.2. The lowest BCUT2D eigenvalue weighted by atomic mass is 10.1. The Morgan fingerprint density at radius 1 is 1.30 bits per heavy atom. The molecule has 0 aromatic heterocycles. The summed E-state index contributed by atoms with van der Waals surface area (Å²) in [4.78, 5) is 12.7. The molecule has 0 fully saturated rings. The number of carbonyl (C=O) groups excluding carboxylic acids is 1. The second-order valence-electron chi connectivity index (χ2n) is 3.61. The normalized spacial score (nSPS) is 8.10. The molecule has 0 atom stereocenters. The van der Waals surface area contributed by atoms with E-state index in [1.54, 1.807) is 7.05 Å². The Kier molecular flexibility index (Phi) is 12.3. The van der Waals surface area contributed by atoms with Crippen LogP contribution in [0.1, 0.15) is 44.4 Å². The van der Waals surface area contributed by atoms with Gasteiger partial charge in [-0.1, -0.05) is 39.7 Å². The Balaban J connectivity index is 0. The highest BCUT2D eigenvalue weighted by atomic mass is 16.5. The molecule has 0 bridgehead atoms. The van der Waals surface area contributed by atoms with Crippen LogP contribution in [0.4, 0.5) is 4.79 Å². The van der Waals surface area contributed by atoms with Crippen LogP contribution in [0.5, 0.6) is 0 Å². The Morgan fingerprint density at radius 3 is 2.25 bits per heavy atom. The Hall–Kier alpha value is -1.95. The van der Waals surface area contributed by atoms with Crippen molar-refractivity contribution < 1.29 is 9.53 Å². The van der Waals surface area contributed by atoms with Crippen LogP contribution in [0.15, 0.2) is 18.2 Å². The number of hydrogen-bond acceptors (Lipinski definition) is 2. The third-order valence-corrected chi connectivity index (χ3v) is 2.40. The van der Waals surface area contributed by atoms with Crippen molar-refractivity contribution in [1.29, 1.82) is 0 Å². The Labute approximate surface area is 123 Å². The second-order valence-corrected chi connectivity index (χ2v) is 3.61. The summed E-state index contributed by atoms with van der Waals surface area (Å²) in [5, 5.41) is 0. The standard InChI is InChI=1S/C13H15NO2.2C2H6/c1-5-11-6-7-12(10(2)8-11)9-14(3)13(15)16-4;2*1-2/h1,6-8H,9H2,2-4H3;2*1-2H3. The predicted molar refractivity (Wildman–Crippen MR) is 85.7 cm³/mol. The zero-order valence-corrected chi connectivity index (χ0v) is 13.8. The van der Waals surface area contributed by atoms with Crippen molar-refractivity contribution in [3.8, 4) is 12.3 Å². The highest BCUT2D eigenvalue weighted by Crippen LogP contribution is 2.12. The minimum Gasteiger partial charge on any atom is -0.453 e. The summed E-state index contributed by atoms with van der Waals surface area (Å²) in [6.45, 7) is 10.5. The monoisotopic (exact) mass is 277 g/mol. The number of nitrogens with zero attached hydrogens (tertiary/aromatic N) is 1. The fourth-order valence-electron chi connectivity index (χ4n) is 1.44. The van der Waals surface area contributed by atoms with Gasteiger partial charge in [0.25, 0.3) is 0 Å². The molecule has 3 heteroatoms. The van der Waals surface area contributed by atoms with Crippen molar-refractivity contribution >= 4 is 6.09 Å². The van der Waals surface area contributed by atoms with E-state index in [0.29, 0.717) is 6.54 Å². The van der Waals surface area contributed by atoms with E-state index in [0.717, 1.165) is 16.7 Å². The maximum Gasteiger partial charge on any atom is 0.409 e. The van der Waals surface area contributed by atoms with Crippen LogP contribution in [-0.4, -0.2) is 25.2 Å². The fraction of sp³-hybridized carbons (Fsp3) is 0.471. The van der Waals surface area contributed by atoms with Gasteiger partial charge in [-0.2, -0.15) is 0 Å². The number of terminal acetylenes is 1. The van der Waals surface area contributed by atoms with Crippen LogP contribution in [0, 0.1) is 19.3 Å². The zero-order chi connectivity index (χ0) is 16.1. The summed E-state index contributed by atoms with van der Waals surface area (Å²) in [5.41, 5.74) is 2.99. The van der Waals surface area contributed by atoms with E-state index in [1.165, 1.54) is 12.0 Å². The van der Waals surface area contributed by atoms with Gasteiger partial charge in [-0.15, -0.1) is 6.42 Å². The molecule has 1 aromatic rings. The zero-order valence-electron chi connectivity index (χ0n) is 13.8. The molecule has 0 saturated carbocycles. The van der Waals surface area contributed by atoms with Crippen LogP contribution in [0.2, 0.25) is 0 Å². The molecule has 0 N–H and O–H groups in total. The van der Waals surface area contributed by atoms with Gasteiger partial charge in [0.05, 0.1) is 7.11 Å². The summed E-state index contributed by atoms with van der Waals surface area (Å²) in [6.07, 6.45) is 4.96. The van der Waals surface area contributed by atoms with Crippen molar-refractivity contribution in [2.75, 3.05) is 14.2 Å². The Bertz CT molecular complexity index is 433. The number of ether oxygens (including phenoxy) is 1. The molecule has 1 rings (SSSR count). The third kappa shape index (κ3) is 6.84. The molecule has 1 aromatic carbocycles. The molecular weight excluding hydrogens is 250 g/mol. The molecule has 0 heterocycles. The number of methoxy groups -OCH3 is 1. The highest BCUT2D eigenvalue weighted by Gasteiger charge is 2.09. The van der Waals surface area contributed by atoms with Crippen LogP contribution < -0.4 is 0 Å². The van der Waals surface area contributed by atoms with E-state index in [4.69, 9.17) is 6.42 Å². The van der Waals surface area contributed by atoms with Gasteiger partial charge >= 0.3 is 6.09 Å². The van der Waals surface area contributed by atoms with Gasteiger partial charge in [-0.3, -0.25) is 0 Å². The van der Waals surface area contributed by atoms with Gasteiger partial charge in [0.2, 0.25) is 0 Å². The molecule has 0 unspecified atom stereocenters. The quantitative estimate of drug-likeness (QED) is 0.757. The molecule has 0 aliphatic heterocycles. The van der Waals surface area contributed by atoms with Crippen molar-refractivity contribution in [3.05, 3.63) is 34.9 Å². The van der Waals surface area contributed by atoms with Crippen LogP contribution in [-0.2, 0) is 11.3 Å². The molecule has 0 aliphatic rings. The summed E-state index contributed by atoms with van der Waals surface area (Å²) in [7, 11) is 3.06. The third-order valence-electron chi connectivity index (χ3n) is 2.40. The smallest absolute Gasteiger partial charge is 0.409 e. The summed E-state index contributed by atoms with van der Waals surface area (Å²) in [5.74, 6) is 2.58. The van der Waals surface area contributed by atoms with Crippen molar-refractivity contribution in [2.24, 2.45) is 0 Å². The molecular formula is C17H27NO2. The first-order valence-corrected chi connectivity index (χ1v) is 6.93. The number of hydrogen-bond donors (Lipinski definition) is 0. The van der Waals surface area contributed by atoms with Crippen LogP contribution >= 0.6 is 0 Å². The van der Waals surface area contributed by atoms with Gasteiger partial charge in [-0.25, -0.2) is 4.79 Å². The van der Waals surface area contributed by atoms with Gasteiger partial charge in [0, 0.05) is 19.2 Å². The number of carbonyl (C=O) groups is 1. The minimum atomic E-state index is -0.347. The molecule has 112 valence electrons. The number of amides is 1. The first-order chi connectivity index (χ1) is 9.58. The number of benzene rings is 1. The van der Waals surface area contributed by atoms with Gasteiger partial charge in [0.15, 0.2) is 0 Å². The number of aryl methyl sites for hydroxylation is 1. The molecule has 0 radical (unpaired) electrons. The van der Waals surface area contributed by atoms with Crippen molar-refractivity contribution in [3.63, 3.8) is 0 Å². The van der Waals surface area contributed by atoms with Gasteiger partial charge in [0.1, 0.15) is 0 Å². The largest absolute Gasteiger partial charge is 0.453 e. The molecule has 1 amide bonds. The predicted octanol–water partition coefficient (Wildman–Crippen LogP) is 4.23. The van der Waals surface area contributed by atoms with Crippen molar-refractivity contribution in [1.82, 2.24) is 4.90 Å². The topological polar surface area (TPSA) is 29.5 Å². The lowest BCUT2D eigenvalue weighted by molar-refractivity contribution is 0.131. The summed E-state index contributed by atoms with van der Waals surface area (Å²) < 4.78 is 4.62. The number of rotatable bonds is 2. The summed E-state index contributed by atoms with van der Waals surface area (Å²) >= 11 is 0. The first-order valence-electron chi connectivity index (χ1n) is 6.93. The van der Waals surface area contributed by atoms with E-state index in [2.05, 4.69) is 10.7 Å². The van der Waals surface area contributed by atoms with E-state index in [1.807, 2.05) is 52.8 Å². The van der Waals surface area contributed by atoms with Crippen LogP contribution in [0.25, 0.3) is 0 Å². The minimum absolute atomic E-state index is 0.347. The molecule has 0 spiro atoms. The van der Waals surface area contributed by atoms with E-state index >= 15 is 0 Å². The van der Waals surface area contributed by atoms with Gasteiger partial charge in [-0.05, 0) is 30.2 Å². The first kappa shape index (κ1) is 20.4. The fourth-order valence-corrected chi connectivity index (χ4v) is 1.44. The molecule has 0 aliphatic carbocycles. The maximum atomic E-state index is 11.2. The average molecular weight is 277 g/mol. The van der Waals surface area contributed by atoms with Gasteiger partial charge < -0.3 is 9.64 Å². The van der Waals surface area contributed by atoms with E-state index in [-0.39, 0.29) is 6.09 Å². The van der Waals surface area contributed by atoms with Crippen molar-refractivity contribution in [2.45, 2.75) is 41.2 Å². The highest BCUT2D eigenvalue weighted by molar-refractivity contribution is 5.67. The lowest BCUT2D eigenvalue weighted by Gasteiger charge is -2.16. The second kappa shape index (κ2) is 12.1. The van der Waals surface area contributed by atoms with E-state index in [9.17, 15) is 4.79 Å². The molecule has 3 nitrogen and oxygen atoms in total. The Morgan fingerprint density at radius 2 is 1.85 bits per heavy atom. The summed E-state index contributed by atoms with van der Waals surface area (Å²) in [6, 6.07) is 5.73. The molecule has 0 saturated heterocycles. The SMILES string of the molecule is C#Cc1ccc(CN(C)C(=O)OC)c(C)c1.CC.CC. The average Bonchev–Trinajstić information content (AvgIpc) is 2.52. The lowest BCUT2D eigenvalue weighted by Crippen LogP contribution is -2.26. The molecule has 20 heavy (non-hydrogen) atoms.